The molecule has 2 heterocycles. The number of hydrogen-bond acceptors (Lipinski definition) is 29. The van der Waals surface area contributed by atoms with Gasteiger partial charge in [0.25, 0.3) is 66.7 Å². The van der Waals surface area contributed by atoms with Crippen LogP contribution in [0.4, 0.5) is 52.0 Å². The molecule has 2 aliphatic rings. The van der Waals surface area contributed by atoms with Crippen LogP contribution in [-0.2, 0) is 60.7 Å². The number of aromatic nitrogens is 6. The first-order chi connectivity index (χ1) is 40.4. The third-order valence-electron chi connectivity index (χ3n) is 11.8. The predicted molar refractivity (Wildman–Crippen MR) is 301 cm³/mol. The number of rotatable bonds is 17. The lowest BCUT2D eigenvalue weighted by molar-refractivity contribution is 0.105. The van der Waals surface area contributed by atoms with Crippen molar-refractivity contribution in [2.75, 3.05) is 33.4 Å². The van der Waals surface area contributed by atoms with Crippen LogP contribution in [0.5, 0.6) is 12.0 Å². The zero-order valence-electron chi connectivity index (χ0n) is 42.7. The highest BCUT2D eigenvalue weighted by molar-refractivity contribution is 7.91. The van der Waals surface area contributed by atoms with E-state index in [2.05, 4.69) is 66.6 Å². The third kappa shape index (κ3) is 13.5. The molecule has 13 N–H and O–H groups in total. The highest BCUT2D eigenvalue weighted by Crippen LogP contribution is 2.39. The van der Waals surface area contributed by atoms with Crippen molar-refractivity contribution < 1.29 is 97.6 Å². The minimum Gasteiger partial charge on any atom is -0.480 e. The van der Waals surface area contributed by atoms with Gasteiger partial charge < -0.3 is 25.7 Å². The summed E-state index contributed by atoms with van der Waals surface area (Å²) in [5.74, 6) is -4.23. The van der Waals surface area contributed by atoms with Crippen LogP contribution < -0.4 is 32.0 Å². The number of fused-ring (bicyclic) bond motifs is 2. The number of nitrogens with zero attached hydrogens (tertiary/aromatic N) is 9. The number of nitrogens with one attached hydrogen (secondary N) is 5. The summed E-state index contributed by atoms with van der Waals surface area (Å²) in [5, 5.41) is 34.2. The lowest BCUT2D eigenvalue weighted by Crippen LogP contribution is -2.29. The number of aromatic hydroxyl groups is 2. The van der Waals surface area contributed by atoms with E-state index in [1.165, 1.54) is 48.5 Å². The molecule has 0 saturated heterocycles. The summed E-state index contributed by atoms with van der Waals surface area (Å²) in [6.07, 6.45) is 1.18. The standard InChI is InChI=1S/C45H34N14O22S6/c1-59(29-19-25(83(67,68)69)15-21-17-33(87(79,80)81)37(39(61)35(21)29)58-56-27-7-3-5-9-31(27)85(73,74)75)43-50-41(52-45(63)54-43)47-23-12-10-22(11-13-23)46-40-49-42(53-44(62)51-40)48-28-18-24(82(64,65)66)14-20-16-32(86(76,77)78)36(38(60)34(20)28)57-55-26-6-2-4-8-30(26)84(70,71)72/h2-19,55-56H,1H3,(H,64,65,66)(H,67,68,69)(H,70,71,72)(H,73,74,75)(H,76,77,78)(H,79,80,81)(H2,47,50,52,54,63)(H3,46,48,49,51,53,62)/b57-36+,58-37+. The van der Waals surface area contributed by atoms with E-state index in [4.69, 9.17) is 0 Å². The number of hydrazone groups is 2. The average Bonchev–Trinajstić information content (AvgIpc) is 2.83. The Kier molecular flexibility index (Phi) is 16.0. The molecule has 0 aliphatic heterocycles. The number of hydrogen-bond donors (Lipinski definition) is 13. The van der Waals surface area contributed by atoms with Gasteiger partial charge in [0.2, 0.25) is 35.0 Å². The Morgan fingerprint density at radius 1 is 0.506 bits per heavy atom. The molecule has 0 bridgehead atoms. The van der Waals surface area contributed by atoms with Gasteiger partial charge in [0, 0.05) is 18.4 Å². The molecule has 7 aromatic rings. The molecule has 0 fully saturated rings. The van der Waals surface area contributed by atoms with E-state index in [9.17, 15) is 97.6 Å². The average molecular weight is 1320 g/mol. The normalized spacial score (nSPS) is 15.1. The molecule has 42 heteroatoms. The number of Topliss-reactive ketones (excluding diaryl/α,β-unsaturated/α-hetero) is 2. The second-order valence-electron chi connectivity index (χ2n) is 17.6. The number of H-pyrrole nitrogens is 1. The van der Waals surface area contributed by atoms with Gasteiger partial charge in [-0.05, 0) is 96.1 Å². The minimum absolute atomic E-state index is 0.142. The summed E-state index contributed by atoms with van der Waals surface area (Å²) >= 11 is 0. The van der Waals surface area contributed by atoms with Gasteiger partial charge in [0.1, 0.15) is 19.6 Å². The fourth-order valence-corrected chi connectivity index (χ4v) is 11.7. The number of carbonyl (C=O) groups excluding carboxylic acids is 2. The predicted octanol–water partition coefficient (Wildman–Crippen LogP) is 2.66. The second kappa shape index (κ2) is 22.5. The van der Waals surface area contributed by atoms with Crippen LogP contribution in [0.15, 0.2) is 142 Å². The number of allylic oxidation sites excluding steroid dienone is 2. The van der Waals surface area contributed by atoms with E-state index in [1.54, 1.807) is 0 Å². The second-order valence-corrected chi connectivity index (χ2v) is 26.0. The lowest BCUT2D eigenvalue weighted by atomic mass is 9.92. The molecule has 452 valence electrons. The Balaban J connectivity index is 1.02. The molecule has 2 aliphatic carbocycles. The summed E-state index contributed by atoms with van der Waals surface area (Å²) < 4.78 is 208. The number of carbonyl (C=O) groups is 2. The Hall–Kier alpha value is -9.86. The molecule has 36 nitrogen and oxygen atoms in total. The molecule has 5 aromatic carbocycles. The highest BCUT2D eigenvalue weighted by atomic mass is 32.2. The third-order valence-corrected chi connectivity index (χ3v) is 17.0. The van der Waals surface area contributed by atoms with E-state index in [1.807, 2.05) is 0 Å². The largest absolute Gasteiger partial charge is 0.480 e. The van der Waals surface area contributed by atoms with Gasteiger partial charge >= 0.3 is 6.01 Å². The van der Waals surface area contributed by atoms with E-state index in [0.717, 1.165) is 42.3 Å². The van der Waals surface area contributed by atoms with Crippen LogP contribution in [0.25, 0.3) is 12.2 Å². The van der Waals surface area contributed by atoms with Crippen molar-refractivity contribution in [2.45, 2.75) is 19.6 Å². The van der Waals surface area contributed by atoms with Crippen LogP contribution in [0, 0.1) is 0 Å². The maximum atomic E-state index is 14.3. The minimum atomic E-state index is -5.42. The molecule has 0 amide bonds. The van der Waals surface area contributed by atoms with Crippen molar-refractivity contribution in [1.82, 2.24) is 29.9 Å². The van der Waals surface area contributed by atoms with Gasteiger partial charge in [-0.1, -0.05) is 24.3 Å². The van der Waals surface area contributed by atoms with Gasteiger partial charge in [-0.15, -0.1) is 0 Å². The molecule has 2 aromatic heterocycles. The van der Waals surface area contributed by atoms with Crippen molar-refractivity contribution in [1.29, 1.82) is 0 Å². The number of benzene rings is 5. The molecule has 0 radical (unpaired) electrons. The number of aromatic amines is 1. The van der Waals surface area contributed by atoms with Crippen LogP contribution in [0.2, 0.25) is 0 Å². The highest BCUT2D eigenvalue weighted by Gasteiger charge is 2.39. The Labute approximate surface area is 487 Å². The van der Waals surface area contributed by atoms with Crippen molar-refractivity contribution in [3.05, 3.63) is 135 Å². The fraction of sp³-hybridized carbons (Fsp3) is 0.0222. The molecule has 0 atom stereocenters. The number of para-hydroxylation sites is 2. The first-order valence-electron chi connectivity index (χ1n) is 23.1. The summed E-state index contributed by atoms with van der Waals surface area (Å²) in [7, 11) is -30.0. The summed E-state index contributed by atoms with van der Waals surface area (Å²) in [4.78, 5) is 49.6. The molecular weight excluding hydrogens is 1280 g/mol. The topological polar surface area (TPSA) is 570 Å². The first kappa shape index (κ1) is 61.7. The molecule has 0 unspecified atom stereocenters. The van der Waals surface area contributed by atoms with Gasteiger partial charge in [-0.3, -0.25) is 52.7 Å². The van der Waals surface area contributed by atoms with Crippen molar-refractivity contribution in [2.24, 2.45) is 15.2 Å². The molecule has 87 heavy (non-hydrogen) atoms. The van der Waals surface area contributed by atoms with E-state index >= 15 is 0 Å². The number of ketones is 2. The monoisotopic (exact) mass is 1310 g/mol. The Morgan fingerprint density at radius 2 is 0.954 bits per heavy atom. The number of anilines is 8. The molecule has 0 saturated carbocycles. The maximum Gasteiger partial charge on any atom is 0.320 e. The van der Waals surface area contributed by atoms with Crippen LogP contribution >= 0.6 is 0 Å². The fourth-order valence-electron chi connectivity index (χ4n) is 8.07. The van der Waals surface area contributed by atoms with Crippen LogP contribution in [0.1, 0.15) is 31.8 Å². The van der Waals surface area contributed by atoms with Crippen molar-refractivity contribution in [3.8, 4) is 12.0 Å². The zero-order valence-corrected chi connectivity index (χ0v) is 47.6. The zero-order chi connectivity index (χ0) is 63.5. The van der Waals surface area contributed by atoms with Crippen molar-refractivity contribution in [3.63, 3.8) is 0 Å². The smallest absolute Gasteiger partial charge is 0.320 e. The van der Waals surface area contributed by atoms with Crippen molar-refractivity contribution >= 4 is 148 Å². The first-order valence-corrected chi connectivity index (χ1v) is 31.7. The lowest BCUT2D eigenvalue weighted by Gasteiger charge is -2.25. The Morgan fingerprint density at radius 3 is 1.43 bits per heavy atom. The van der Waals surface area contributed by atoms with E-state index in [-0.39, 0.29) is 11.4 Å². The van der Waals surface area contributed by atoms with Gasteiger partial charge in [-0.25, -0.2) is 4.99 Å². The molecular formula is C45H34N14O22S6. The van der Waals surface area contributed by atoms with Crippen LogP contribution in [0.3, 0.4) is 0 Å². The SMILES string of the molecule is CN(c1nc(O)nc(Nc2ccc(Nc3nc(O)[nH]c(=Nc4cc(S(=O)(=O)O)cc5c4C(=O)/C(=N/Nc4ccccc4S(=O)(=O)O)C(S(=O)(=O)O)=C5)n3)cc2)n1)c1cc(S(=O)(=O)O)cc2c1C(=O)/C(=N/Nc1ccccc1S(=O)(=O)O)C(S(=O)(=O)O)=C2. The van der Waals surface area contributed by atoms with E-state index < -0.39 is 194 Å². The molecule has 9 rings (SSSR count). The van der Waals surface area contributed by atoms with Gasteiger partial charge in [0.05, 0.1) is 43.7 Å². The summed E-state index contributed by atoms with van der Waals surface area (Å²) in [6, 6.07) is 15.2. The quantitative estimate of drug-likeness (QED) is 0.0460. The van der Waals surface area contributed by atoms with E-state index in [0.29, 0.717) is 30.4 Å². The van der Waals surface area contributed by atoms with Crippen LogP contribution in [-0.4, -0.2) is 148 Å². The summed E-state index contributed by atoms with van der Waals surface area (Å²) in [6.45, 7) is 0. The van der Waals surface area contributed by atoms with Gasteiger partial charge in [-0.2, -0.15) is 85.6 Å². The maximum absolute atomic E-state index is 14.3. The Bertz CT molecular complexity index is 5080. The summed E-state index contributed by atoms with van der Waals surface area (Å²) in [5.41, 5.74) is -2.82. The molecule has 0 spiro atoms. The van der Waals surface area contributed by atoms with Gasteiger partial charge in [0.15, 0.2) is 11.4 Å².